The summed E-state index contributed by atoms with van der Waals surface area (Å²) >= 11 is 0. The van der Waals surface area contributed by atoms with Crippen LogP contribution in [0, 0.1) is 11.3 Å². The van der Waals surface area contributed by atoms with Gasteiger partial charge >= 0.3 is 17.9 Å². The maximum atomic E-state index is 13.3. The number of likely N-dealkylation sites (tertiary alicyclic amines) is 1. The number of aromatic nitrogens is 1. The molecule has 0 aliphatic carbocycles. The Morgan fingerprint density at radius 1 is 0.865 bits per heavy atom. The van der Waals surface area contributed by atoms with Gasteiger partial charge in [0.2, 0.25) is 12.7 Å². The number of carbonyl (C=O) groups excluding carboxylic acids is 3. The highest BCUT2D eigenvalue weighted by molar-refractivity contribution is 7.85. The van der Waals surface area contributed by atoms with E-state index < -0.39 is 34.3 Å². The molecule has 0 radical (unpaired) electrons. The Morgan fingerprint density at radius 2 is 1.52 bits per heavy atom. The minimum Gasteiger partial charge on any atom is -0.478 e. The van der Waals surface area contributed by atoms with Crippen LogP contribution in [0.25, 0.3) is 22.0 Å². The van der Waals surface area contributed by atoms with Crippen LogP contribution in [-0.4, -0.2) is 79.7 Å². The van der Waals surface area contributed by atoms with Crippen LogP contribution in [0.1, 0.15) is 66.3 Å². The van der Waals surface area contributed by atoms with Crippen molar-refractivity contribution >= 4 is 38.9 Å². The number of fused-ring (bicyclic) bond motifs is 3. The fourth-order valence-electron chi connectivity index (χ4n) is 6.21. The fraction of sp³-hybridized carbons (Fsp3) is 0.410. The van der Waals surface area contributed by atoms with Gasteiger partial charge in [0.15, 0.2) is 0 Å². The molecule has 2 aliphatic rings. The summed E-state index contributed by atoms with van der Waals surface area (Å²) in [7, 11) is -3.67. The third-order valence-corrected chi connectivity index (χ3v) is 8.86. The second-order valence-corrected chi connectivity index (χ2v) is 15.5. The largest absolute Gasteiger partial charge is 0.478 e. The predicted octanol–water partition coefficient (Wildman–Crippen LogP) is 6.37. The van der Waals surface area contributed by atoms with Crippen molar-refractivity contribution in [3.63, 3.8) is 0 Å². The summed E-state index contributed by atoms with van der Waals surface area (Å²) in [6.07, 6.45) is 3.55. The van der Waals surface area contributed by atoms with E-state index in [4.69, 9.17) is 23.5 Å². The van der Waals surface area contributed by atoms with E-state index in [1.54, 1.807) is 32.9 Å². The topological polar surface area (TPSA) is 151 Å². The van der Waals surface area contributed by atoms with Gasteiger partial charge in [0.25, 0.3) is 10.1 Å². The van der Waals surface area contributed by atoms with E-state index in [0.717, 1.165) is 67.5 Å². The van der Waals surface area contributed by atoms with Crippen LogP contribution in [0.4, 0.5) is 0 Å². The van der Waals surface area contributed by atoms with E-state index in [2.05, 4.69) is 21.6 Å². The highest BCUT2D eigenvalue weighted by atomic mass is 32.2. The minimum atomic E-state index is -3.67. The zero-order valence-corrected chi connectivity index (χ0v) is 30.8. The van der Waals surface area contributed by atoms with Gasteiger partial charge in [-0.05, 0) is 87.9 Å². The Balaban J connectivity index is 0.000000979. The molecule has 278 valence electrons. The van der Waals surface area contributed by atoms with Crippen LogP contribution < -0.4 is 4.74 Å². The van der Waals surface area contributed by atoms with Crippen molar-refractivity contribution < 1.29 is 46.3 Å². The van der Waals surface area contributed by atoms with Gasteiger partial charge in [-0.2, -0.15) is 8.42 Å². The van der Waals surface area contributed by atoms with Crippen LogP contribution in [-0.2, 0) is 42.2 Å². The Bertz CT molecular complexity index is 1980. The van der Waals surface area contributed by atoms with Gasteiger partial charge in [-0.3, -0.25) is 14.2 Å². The fourth-order valence-corrected chi connectivity index (χ4v) is 6.21. The molecule has 12 nitrogen and oxygen atoms in total. The smallest absolute Gasteiger partial charge is 0.344 e. The number of piperidine rings is 1. The molecule has 3 heterocycles. The van der Waals surface area contributed by atoms with Crippen molar-refractivity contribution in [1.82, 2.24) is 9.47 Å². The summed E-state index contributed by atoms with van der Waals surface area (Å²) in [5, 5.41) is 0.887. The molecule has 13 heteroatoms. The highest BCUT2D eigenvalue weighted by Crippen LogP contribution is 2.35. The van der Waals surface area contributed by atoms with Crippen molar-refractivity contribution in [3.8, 4) is 17.0 Å². The van der Waals surface area contributed by atoms with Crippen molar-refractivity contribution in [2.45, 2.75) is 53.1 Å². The van der Waals surface area contributed by atoms with Gasteiger partial charge in [-0.1, -0.05) is 60.7 Å². The van der Waals surface area contributed by atoms with E-state index >= 15 is 0 Å². The Labute approximate surface area is 304 Å². The van der Waals surface area contributed by atoms with Gasteiger partial charge in [-0.15, -0.1) is 0 Å². The molecule has 1 saturated heterocycles. The van der Waals surface area contributed by atoms with Crippen molar-refractivity contribution in [3.05, 3.63) is 89.5 Å². The lowest BCUT2D eigenvalue weighted by Gasteiger charge is -2.31. The normalized spacial score (nSPS) is 15.1. The quantitative estimate of drug-likeness (QED) is 0.116. The number of hydrogen-bond donors (Lipinski definition) is 1. The van der Waals surface area contributed by atoms with Gasteiger partial charge in [0, 0.05) is 18.5 Å². The molecule has 0 bridgehead atoms. The Kier molecular flexibility index (Phi) is 12.4. The van der Waals surface area contributed by atoms with E-state index in [9.17, 15) is 22.8 Å². The zero-order valence-electron chi connectivity index (χ0n) is 30.0. The molecule has 1 N–H and O–H groups in total. The van der Waals surface area contributed by atoms with Gasteiger partial charge in [-0.25, -0.2) is 9.59 Å². The highest BCUT2D eigenvalue weighted by Gasteiger charge is 2.29. The van der Waals surface area contributed by atoms with Crippen LogP contribution in [0.5, 0.6) is 5.88 Å². The maximum Gasteiger partial charge on any atom is 0.344 e. The number of para-hydroxylation sites is 1. The SMILES string of the molecule is CC(C)(C)C(=O)OCOC(=O)c1ccccc1-c1ccc(CN2CCC(COC(=O)c3c4n(c5ccccc35)CCCO4)CC2)cc1.CS(=O)(=O)O. The van der Waals surface area contributed by atoms with Crippen LogP contribution >= 0.6 is 0 Å². The van der Waals surface area contributed by atoms with Gasteiger partial charge in [0.1, 0.15) is 5.56 Å². The van der Waals surface area contributed by atoms with E-state index in [1.807, 2.05) is 48.5 Å². The van der Waals surface area contributed by atoms with Crippen molar-refractivity contribution in [1.29, 1.82) is 0 Å². The number of carbonyl (C=O) groups is 3. The molecule has 1 aromatic heterocycles. The lowest BCUT2D eigenvalue weighted by Crippen LogP contribution is -2.35. The van der Waals surface area contributed by atoms with E-state index in [0.29, 0.717) is 42.4 Å². The van der Waals surface area contributed by atoms with Crippen LogP contribution in [0.3, 0.4) is 0 Å². The summed E-state index contributed by atoms with van der Waals surface area (Å²) in [6.45, 7) is 9.31. The molecule has 0 saturated carbocycles. The zero-order chi connectivity index (χ0) is 37.5. The number of aryl methyl sites for hydroxylation is 1. The van der Waals surface area contributed by atoms with Crippen LogP contribution in [0.2, 0.25) is 0 Å². The Hall–Kier alpha value is -4.72. The molecule has 1 fully saturated rings. The molecule has 2 aliphatic heterocycles. The lowest BCUT2D eigenvalue weighted by molar-refractivity contribution is -0.161. The first-order valence-electron chi connectivity index (χ1n) is 17.3. The second kappa shape index (κ2) is 16.7. The number of ether oxygens (including phenoxy) is 4. The summed E-state index contributed by atoms with van der Waals surface area (Å²) in [5.74, 6) is -0.341. The van der Waals surface area contributed by atoms with E-state index in [1.165, 1.54) is 5.56 Å². The molecule has 6 rings (SSSR count). The summed E-state index contributed by atoms with van der Waals surface area (Å²) < 4.78 is 50.1. The molecule has 3 aromatic carbocycles. The van der Waals surface area contributed by atoms with Gasteiger partial charge in [0.05, 0.1) is 36.0 Å². The molecule has 52 heavy (non-hydrogen) atoms. The minimum absolute atomic E-state index is 0.307. The molecule has 0 unspecified atom stereocenters. The monoisotopic (exact) mass is 734 g/mol. The summed E-state index contributed by atoms with van der Waals surface area (Å²) in [4.78, 5) is 40.5. The van der Waals surface area contributed by atoms with Crippen LogP contribution in [0.15, 0.2) is 72.8 Å². The van der Waals surface area contributed by atoms with Crippen molar-refractivity contribution in [2.24, 2.45) is 11.3 Å². The van der Waals surface area contributed by atoms with Crippen molar-refractivity contribution in [2.75, 3.05) is 39.4 Å². The molecule has 0 atom stereocenters. The lowest BCUT2D eigenvalue weighted by atomic mass is 9.96. The third kappa shape index (κ3) is 10.2. The van der Waals surface area contributed by atoms with Gasteiger partial charge < -0.3 is 23.5 Å². The first kappa shape index (κ1) is 38.5. The second-order valence-electron chi connectivity index (χ2n) is 14.1. The number of nitrogens with zero attached hydrogens (tertiary/aromatic N) is 2. The molecular formula is C39H46N2O10S. The number of esters is 3. The molecular weight excluding hydrogens is 689 g/mol. The number of hydrogen-bond acceptors (Lipinski definition) is 10. The average molecular weight is 735 g/mol. The molecule has 4 aromatic rings. The predicted molar refractivity (Wildman–Crippen MR) is 196 cm³/mol. The first-order chi connectivity index (χ1) is 24.7. The summed E-state index contributed by atoms with van der Waals surface area (Å²) in [6, 6.07) is 23.4. The number of rotatable bonds is 9. The number of benzene rings is 3. The summed E-state index contributed by atoms with van der Waals surface area (Å²) in [5.41, 5.74) is 4.12. The third-order valence-electron chi connectivity index (χ3n) is 8.86. The molecule has 0 amide bonds. The van der Waals surface area contributed by atoms with E-state index in [-0.39, 0.29) is 5.97 Å². The Morgan fingerprint density at radius 3 is 2.21 bits per heavy atom. The maximum absolute atomic E-state index is 13.3. The molecule has 0 spiro atoms. The first-order valence-corrected chi connectivity index (χ1v) is 19.1. The average Bonchev–Trinajstić information content (AvgIpc) is 3.45. The standard InChI is InChI=1S/C38H42N2O7.CH4O3S/c1-38(2,3)37(43)47-25-46-35(41)30-10-5-4-9-29(30)28-15-13-26(14-16-28)23-39-20-17-27(18-21-39)24-45-36(42)33-31-11-6-7-12-32(31)40-19-8-22-44-34(33)40;1-5(2,3)4/h4-7,9-16,27H,8,17-25H2,1-3H3;1H3,(H,2,3,4).